The molecule has 1 amide bonds. The number of anilines is 4. The van der Waals surface area contributed by atoms with E-state index in [1.807, 2.05) is 109 Å². The van der Waals surface area contributed by atoms with E-state index in [9.17, 15) is 37.2 Å². The number of aromatic amines is 1. The van der Waals surface area contributed by atoms with Crippen LogP contribution in [0.15, 0.2) is 246 Å². The van der Waals surface area contributed by atoms with Crippen molar-refractivity contribution in [2.45, 2.75) is 128 Å². The summed E-state index contributed by atoms with van der Waals surface area (Å²) in [5.74, 6) is 0.164. The van der Waals surface area contributed by atoms with Gasteiger partial charge in [0, 0.05) is 72.1 Å². The Morgan fingerprint density at radius 3 is 1.44 bits per heavy atom. The maximum Gasteiger partial charge on any atom is 0.328 e. The van der Waals surface area contributed by atoms with Crippen molar-refractivity contribution in [2.24, 2.45) is 17.8 Å². The Balaban J connectivity index is 0.000000139. The maximum atomic E-state index is 15.4. The average molecular weight is 1700 g/mol. The van der Waals surface area contributed by atoms with Gasteiger partial charge in [0.2, 0.25) is 10.0 Å². The summed E-state index contributed by atoms with van der Waals surface area (Å²) >= 11 is 0. The third kappa shape index (κ3) is 19.4. The molecule has 3 aliphatic rings. The number of ketones is 2. The number of pyridine rings is 4. The number of amides is 1. The van der Waals surface area contributed by atoms with E-state index in [4.69, 9.17) is 17.2 Å². The Bertz CT molecular complexity index is 6970. The maximum absolute atomic E-state index is 15.4. The van der Waals surface area contributed by atoms with Gasteiger partial charge in [-0.05, 0) is 230 Å². The summed E-state index contributed by atoms with van der Waals surface area (Å²) in [7, 11) is -3.68. The molecule has 9 N–H and O–H groups in total. The van der Waals surface area contributed by atoms with Gasteiger partial charge in [0.15, 0.2) is 11.6 Å². The zero-order chi connectivity index (χ0) is 87.5. The Morgan fingerprint density at radius 1 is 0.488 bits per heavy atom. The first-order chi connectivity index (χ1) is 60.2. The predicted molar refractivity (Wildman–Crippen MR) is 477 cm³/mol. The summed E-state index contributed by atoms with van der Waals surface area (Å²) in [5.41, 5.74) is 23.9. The summed E-state index contributed by atoms with van der Waals surface area (Å²) < 4.78 is 81.8. The topological polar surface area (TPSA) is 356 Å². The second-order valence-corrected chi connectivity index (χ2v) is 34.5. The molecule has 15 aromatic rings. The fourth-order valence-electron chi connectivity index (χ4n) is 16.4. The van der Waals surface area contributed by atoms with Gasteiger partial charge in [0.25, 0.3) is 17.0 Å². The first-order valence-corrected chi connectivity index (χ1v) is 43.5. The summed E-state index contributed by atoms with van der Waals surface area (Å²) in [4.78, 5) is 92.7. The number of halogens is 3. The predicted octanol–water partition coefficient (Wildman–Crippen LogP) is 16.0. The van der Waals surface area contributed by atoms with E-state index in [0.717, 1.165) is 101 Å². The highest BCUT2D eigenvalue weighted by Gasteiger charge is 2.40. The van der Waals surface area contributed by atoms with E-state index in [2.05, 4.69) is 45.3 Å². The number of carbonyl (C=O) groups is 3. The van der Waals surface area contributed by atoms with Gasteiger partial charge in [0.05, 0.1) is 63.7 Å². The highest BCUT2D eigenvalue weighted by molar-refractivity contribution is 7.88. The quantitative estimate of drug-likeness (QED) is 0.0248. The van der Waals surface area contributed by atoms with Gasteiger partial charge in [-0.2, -0.15) is 15.3 Å². The molecule has 0 bridgehead atoms. The lowest BCUT2D eigenvalue weighted by molar-refractivity contribution is 0.0976. The van der Waals surface area contributed by atoms with Crippen molar-refractivity contribution in [1.82, 2.24) is 63.1 Å². The van der Waals surface area contributed by atoms with Crippen LogP contribution in [0.5, 0.6) is 0 Å². The second-order valence-electron chi connectivity index (χ2n) is 32.8. The number of benzene rings is 7. The first-order valence-electron chi connectivity index (χ1n) is 41.6. The van der Waals surface area contributed by atoms with Crippen LogP contribution in [0.4, 0.5) is 36.3 Å². The van der Waals surface area contributed by atoms with Crippen LogP contribution in [0.1, 0.15) is 171 Å². The number of H-pyrrole nitrogens is 1. The molecule has 8 aromatic heterocycles. The summed E-state index contributed by atoms with van der Waals surface area (Å²) in [6.07, 6.45) is 20.4. The molecule has 125 heavy (non-hydrogen) atoms. The van der Waals surface area contributed by atoms with Gasteiger partial charge in [0.1, 0.15) is 52.0 Å². The van der Waals surface area contributed by atoms with Crippen LogP contribution < -0.4 is 44.0 Å². The summed E-state index contributed by atoms with van der Waals surface area (Å²) in [6.45, 7) is 5.36. The number of fused-ring (bicyclic) bond motifs is 3. The molecule has 3 unspecified atom stereocenters. The van der Waals surface area contributed by atoms with Crippen LogP contribution in [-0.2, 0) is 28.4 Å². The van der Waals surface area contributed by atoms with Gasteiger partial charge >= 0.3 is 5.69 Å². The molecule has 25 nitrogen and oxygen atoms in total. The van der Waals surface area contributed by atoms with E-state index in [-0.39, 0.29) is 58.5 Å². The zero-order valence-corrected chi connectivity index (χ0v) is 70.0. The monoisotopic (exact) mass is 1700 g/mol. The molecule has 0 saturated heterocycles. The lowest BCUT2D eigenvalue weighted by Gasteiger charge is -2.36. The van der Waals surface area contributed by atoms with E-state index in [1.54, 1.807) is 120 Å². The van der Waals surface area contributed by atoms with E-state index in [1.165, 1.54) is 58.6 Å². The zero-order valence-electron chi connectivity index (χ0n) is 69.2. The smallest absolute Gasteiger partial charge is 0.328 e. The molecule has 7 aromatic carbocycles. The Morgan fingerprint density at radius 2 is 0.944 bits per heavy atom. The van der Waals surface area contributed by atoms with Crippen LogP contribution in [-0.4, -0.2) is 90.6 Å². The average Bonchev–Trinajstić information content (AvgIpc) is 1.64. The number of Topliss-reactive ketones (excluding diaryl/α,β-unsaturated/α-hetero) is 2. The molecule has 0 spiro atoms. The Labute approximate surface area is 717 Å². The van der Waals surface area contributed by atoms with E-state index in [0.29, 0.717) is 105 Å². The fourth-order valence-corrected chi connectivity index (χ4v) is 17.4. The standard InChI is InChI=1S/C34H34FN5O3S.C31H29FN6O3.C31H29FN6O2/c1-22-18-31(40(38-22)28-12-10-24-15-17-37-33(36)29(24)21-28)32(41)20-25-19-27(11-13-30(25)35)34(39-44(2,42)43,16-14-23-8-9-23)26-6-4-3-5-7-26;1-18-14-27(38(36-18)23-7-5-20-10-12-34-30(33)24(20)17-23)28(39)16-22-15-21(6-8-25(22)32)26(9-4-19-2-3-19)37-13-11-29(40)35-31(37)41;1-19-16-28(38(36-19)23-10-8-21-13-14-34-30(33)24(21)18-23)31(40)35-26-17-22(9-11-25(26)32)27(12-7-20-5-6-20)37-15-3-2-4-29(37)39/h3-7,10-13,15,17-19,21,23,39H,8-9,14,16,20H2,1-2H3,(H2,36,37);5-8,10-15,17,19,26H,2-4,9,16H2,1H3,(H2,33,34)(H,35,40,41);2-4,8-11,13-18,20,27H,5-7,12H2,1H3,(H2,33,34)(H,35,40). The van der Waals surface area contributed by atoms with Crippen LogP contribution in [0.3, 0.4) is 0 Å². The molecule has 0 radical (unpaired) electrons. The minimum absolute atomic E-state index is 0.0419. The molecular formula is C96H92F3N17O8S. The largest absolute Gasteiger partial charge is 0.383 e. The van der Waals surface area contributed by atoms with Crippen LogP contribution in [0.2, 0.25) is 0 Å². The number of hydrogen-bond acceptors (Lipinski definition) is 17. The van der Waals surface area contributed by atoms with Crippen molar-refractivity contribution in [3.63, 3.8) is 0 Å². The third-order valence-corrected chi connectivity index (χ3v) is 24.1. The molecular weight excluding hydrogens is 1610 g/mol. The van der Waals surface area contributed by atoms with Gasteiger partial charge < -0.3 is 27.1 Å². The van der Waals surface area contributed by atoms with Crippen molar-refractivity contribution in [1.29, 1.82) is 0 Å². The van der Waals surface area contributed by atoms with Crippen molar-refractivity contribution in [2.75, 3.05) is 28.8 Å². The number of sulfonamides is 1. The van der Waals surface area contributed by atoms with Crippen molar-refractivity contribution >= 4 is 83.0 Å². The number of aromatic nitrogens is 12. The highest BCUT2D eigenvalue weighted by atomic mass is 32.2. The third-order valence-electron chi connectivity index (χ3n) is 23.4. The van der Waals surface area contributed by atoms with Gasteiger partial charge in [-0.25, -0.2) is 60.1 Å². The molecule has 3 saturated carbocycles. The van der Waals surface area contributed by atoms with Crippen LogP contribution >= 0.6 is 0 Å². The summed E-state index contributed by atoms with van der Waals surface area (Å²) in [5, 5.41) is 21.3. The molecule has 0 aliphatic heterocycles. The molecule has 3 atom stereocenters. The normalized spacial score (nSPS) is 14.2. The Hall–Kier alpha value is -14.1. The van der Waals surface area contributed by atoms with Crippen LogP contribution in [0, 0.1) is 56.0 Å². The number of nitrogen functional groups attached to an aromatic ring is 3. The lowest BCUT2D eigenvalue weighted by atomic mass is 9.78. The Kier molecular flexibility index (Phi) is 24.2. The molecule has 29 heteroatoms. The number of carbonyl (C=O) groups excluding carboxylic acids is 3. The highest BCUT2D eigenvalue weighted by Crippen LogP contribution is 2.44. The van der Waals surface area contributed by atoms with Crippen LogP contribution in [0.25, 0.3) is 49.4 Å². The van der Waals surface area contributed by atoms with Crippen molar-refractivity contribution in [3.8, 4) is 17.1 Å². The number of aryl methyl sites for hydroxylation is 3. The van der Waals surface area contributed by atoms with E-state index < -0.39 is 56.2 Å². The number of nitrogens with two attached hydrogens (primary N) is 3. The fraction of sp³-hybridized carbons (Fsp3) is 0.250. The van der Waals surface area contributed by atoms with Gasteiger partial charge in [-0.3, -0.25) is 33.5 Å². The number of rotatable bonds is 28. The SMILES string of the molecule is Cc1cc(C(=O)Cc2cc(C(CCC3CC3)(NS(C)(=O)=O)c3ccccc3)ccc2F)n(-c2ccc3ccnc(N)c3c2)n1.Cc1cc(C(=O)Cc2cc(C(CCC3CC3)n3ccc(=O)[nH]c3=O)ccc2F)n(-c2ccc3ccnc(N)c3c2)n1.Cc1cc(C(=O)Nc2cc(C(CCC3CC3)n3ccccc3=O)ccc2F)n(-c2ccc3ccnc(N)c3c2)n1. The van der Waals surface area contributed by atoms with Crippen molar-refractivity contribution in [3.05, 3.63) is 347 Å². The molecule has 3 aliphatic carbocycles. The summed E-state index contributed by atoms with van der Waals surface area (Å²) in [6, 6.07) is 56.1. The molecule has 636 valence electrons. The minimum atomic E-state index is -3.68. The molecule has 8 heterocycles. The lowest BCUT2D eigenvalue weighted by Crippen LogP contribution is -2.46. The number of nitrogens with zero attached hydrogens (tertiary/aromatic N) is 11. The molecule has 18 rings (SSSR count). The molecule has 3 fully saturated rings. The number of nitrogens with one attached hydrogen (secondary N) is 3. The van der Waals surface area contributed by atoms with Gasteiger partial charge in [-0.1, -0.05) is 123 Å². The minimum Gasteiger partial charge on any atom is -0.383 e. The van der Waals surface area contributed by atoms with E-state index >= 15 is 13.2 Å². The van der Waals surface area contributed by atoms with Crippen molar-refractivity contribution < 1.29 is 36.0 Å². The number of hydrogen-bond donors (Lipinski definition) is 6. The van der Waals surface area contributed by atoms with Gasteiger partial charge in [-0.15, -0.1) is 0 Å². The second kappa shape index (κ2) is 35.8. The first kappa shape index (κ1) is 84.5.